The Balaban J connectivity index is 0.000000160. The molecule has 91 heavy (non-hydrogen) atoms. The van der Waals surface area contributed by atoms with Gasteiger partial charge in [-0.15, -0.1) is 0 Å². The summed E-state index contributed by atoms with van der Waals surface area (Å²) in [4.78, 5) is 0. The van der Waals surface area contributed by atoms with Crippen molar-refractivity contribution in [3.63, 3.8) is 0 Å². The molecule has 0 amide bonds. The minimum Gasteiger partial charge on any atom is -0.201 e. The molecular weight excluding hydrogens is 1100 g/mol. The van der Waals surface area contributed by atoms with E-state index in [1.807, 2.05) is 31.7 Å². The molecule has 0 atom stereocenters. The molecule has 0 radical (unpaired) electrons. The van der Waals surface area contributed by atoms with Crippen molar-refractivity contribution in [2.24, 2.45) is 35.2 Å². The summed E-state index contributed by atoms with van der Waals surface area (Å²) in [6.07, 6.45) is 13.6. The number of benzene rings is 5. The van der Waals surface area contributed by atoms with E-state index in [-0.39, 0.29) is 18.4 Å². The van der Waals surface area contributed by atoms with E-state index >= 15 is 0 Å². The van der Waals surface area contributed by atoms with Gasteiger partial charge >= 0.3 is 0 Å². The second-order valence-corrected chi connectivity index (χ2v) is 25.6. The highest BCUT2D eigenvalue weighted by Gasteiger charge is 2.22. The van der Waals surface area contributed by atoms with Crippen LogP contribution in [0, 0.1) is 83.0 Å². The number of hydrogen-bond donors (Lipinski definition) is 0. The zero-order chi connectivity index (χ0) is 73.7. The van der Waals surface area contributed by atoms with Gasteiger partial charge in [-0.1, -0.05) is 109 Å². The Morgan fingerprint density at radius 2 is 0.692 bits per heavy atom. The minimum atomic E-state index is -2.17. The van der Waals surface area contributed by atoms with Gasteiger partial charge in [0.2, 0.25) is 28.5 Å². The average molecular weight is 1220 g/mol. The predicted molar refractivity (Wildman–Crippen MR) is 384 cm³/mol. The number of aryl methyl sites for hydroxylation is 24. The molecule has 10 aromatic rings. The Bertz CT molecular complexity index is 4630. The number of fused-ring (bicyclic) bond motifs is 2. The van der Waals surface area contributed by atoms with Crippen LogP contribution >= 0.6 is 0 Å². The summed E-state index contributed by atoms with van der Waals surface area (Å²) in [5.74, 6) is 0. The highest BCUT2D eigenvalue weighted by atomic mass is 14.9. The molecular formula is C86H108N5+5. The lowest BCUT2D eigenvalue weighted by molar-refractivity contribution is -0.661. The number of aromatic nitrogens is 5. The van der Waals surface area contributed by atoms with Gasteiger partial charge in [0.05, 0.1) is 0 Å². The molecule has 5 aromatic heterocycles. The first-order valence-electron chi connectivity index (χ1n) is 37.3. The SMILES string of the molecule is CCc1c[n+](C)c(-c2ccc(C)cc2C)cc1C.CCc1ccc(-c2ccc(C)cc2C)[n+](C)c1.Cc1ccc(-c2cc3c(c[n+]2C)CCCC3)c(C)c1.[2H]C([2H])(C)c1c[n+](C)c(-c2ccc(C)cc2C)cc1C.[2H]C([2H])([2H])c1ccc(-c2cc3c(c[n+]2C)C([2H])([2H])CCC3([2H])[2H])c(C)c1. The van der Waals surface area contributed by atoms with Gasteiger partial charge in [-0.25, -0.2) is 22.8 Å². The second-order valence-electron chi connectivity index (χ2n) is 25.6. The molecule has 5 heterocycles. The molecule has 2 aliphatic carbocycles. The van der Waals surface area contributed by atoms with Crippen LogP contribution in [0.3, 0.4) is 0 Å². The zero-order valence-electron chi connectivity index (χ0n) is 67.4. The molecule has 0 saturated heterocycles. The highest BCUT2D eigenvalue weighted by Crippen LogP contribution is 2.30. The van der Waals surface area contributed by atoms with Crippen LogP contribution in [0.1, 0.15) is 164 Å². The lowest BCUT2D eigenvalue weighted by Gasteiger charge is -2.15. The van der Waals surface area contributed by atoms with Crippen LogP contribution < -0.4 is 22.8 Å². The van der Waals surface area contributed by atoms with E-state index in [0.29, 0.717) is 11.1 Å². The van der Waals surface area contributed by atoms with Gasteiger partial charge in [0.15, 0.2) is 31.0 Å². The van der Waals surface area contributed by atoms with Crippen molar-refractivity contribution < 1.29 is 35.2 Å². The Morgan fingerprint density at radius 1 is 0.330 bits per heavy atom. The maximum absolute atomic E-state index is 8.30. The lowest BCUT2D eigenvalue weighted by Crippen LogP contribution is -2.32. The third-order valence-corrected chi connectivity index (χ3v) is 18.1. The quantitative estimate of drug-likeness (QED) is 0.135. The van der Waals surface area contributed by atoms with Crippen LogP contribution in [-0.4, -0.2) is 0 Å². The summed E-state index contributed by atoms with van der Waals surface area (Å²) in [5, 5.41) is 0. The number of nitrogens with zero attached hydrogens (tertiary/aromatic N) is 5. The molecule has 0 saturated carbocycles. The van der Waals surface area contributed by atoms with Crippen molar-refractivity contribution in [1.29, 1.82) is 0 Å². The Hall–Kier alpha value is -8.15. The van der Waals surface area contributed by atoms with Crippen molar-refractivity contribution in [3.8, 4) is 56.3 Å². The number of pyridine rings is 5. The van der Waals surface area contributed by atoms with Gasteiger partial charge in [0.25, 0.3) is 0 Å². The van der Waals surface area contributed by atoms with Gasteiger partial charge in [-0.05, 0) is 240 Å². The largest absolute Gasteiger partial charge is 0.212 e. The molecule has 0 unspecified atom stereocenters. The molecule has 0 spiro atoms. The summed E-state index contributed by atoms with van der Waals surface area (Å²) in [7, 11) is 10.2. The normalized spacial score (nSPS) is 15.0. The van der Waals surface area contributed by atoms with E-state index in [0.717, 1.165) is 46.5 Å². The predicted octanol–water partition coefficient (Wildman–Crippen LogP) is 18.0. The van der Waals surface area contributed by atoms with E-state index in [1.165, 1.54) is 126 Å². The Morgan fingerprint density at radius 3 is 1.12 bits per heavy atom. The maximum atomic E-state index is 8.30. The average Bonchev–Trinajstić information content (AvgIpc) is 0.743. The third-order valence-electron chi connectivity index (χ3n) is 18.1. The third kappa shape index (κ3) is 17.3. The first-order chi connectivity index (χ1) is 46.8. The summed E-state index contributed by atoms with van der Waals surface area (Å²) in [6, 6.07) is 44.4. The first-order valence-corrected chi connectivity index (χ1v) is 32.8. The van der Waals surface area contributed by atoms with Crippen molar-refractivity contribution in [2.45, 2.75) is 174 Å². The monoisotopic (exact) mass is 1220 g/mol. The summed E-state index contributed by atoms with van der Waals surface area (Å²) < 4.78 is 82.0. The van der Waals surface area contributed by atoms with E-state index in [4.69, 9.17) is 12.3 Å². The fourth-order valence-corrected chi connectivity index (χ4v) is 12.9. The molecule has 0 aliphatic heterocycles. The van der Waals surface area contributed by atoms with Crippen LogP contribution in [0.5, 0.6) is 0 Å². The fourth-order valence-electron chi connectivity index (χ4n) is 12.9. The van der Waals surface area contributed by atoms with Gasteiger partial charge in [0, 0.05) is 98.3 Å². The molecule has 0 fully saturated rings. The van der Waals surface area contributed by atoms with Crippen molar-refractivity contribution in [2.75, 3.05) is 0 Å². The van der Waals surface area contributed by atoms with Crippen LogP contribution in [0.15, 0.2) is 158 Å². The van der Waals surface area contributed by atoms with Crippen molar-refractivity contribution in [1.82, 2.24) is 0 Å². The number of rotatable bonds is 8. The molecule has 5 nitrogen and oxygen atoms in total. The molecule has 2 aliphatic rings. The van der Waals surface area contributed by atoms with Gasteiger partial charge in [0.1, 0.15) is 35.2 Å². The molecule has 5 heteroatoms. The highest BCUT2D eigenvalue weighted by molar-refractivity contribution is 5.66. The molecule has 5 aromatic carbocycles. The van der Waals surface area contributed by atoms with Gasteiger partial charge in [-0.3, -0.25) is 0 Å². The van der Waals surface area contributed by atoms with E-state index in [2.05, 4.69) is 233 Å². The fraction of sp³-hybridized carbons (Fsp3) is 0.360. The van der Waals surface area contributed by atoms with Crippen molar-refractivity contribution in [3.05, 3.63) is 264 Å². The van der Waals surface area contributed by atoms with Crippen molar-refractivity contribution >= 4 is 0 Å². The smallest absolute Gasteiger partial charge is 0.201 e. The molecule has 12 rings (SSSR count). The topological polar surface area (TPSA) is 19.4 Å². The summed E-state index contributed by atoms with van der Waals surface area (Å²) >= 11 is 0. The summed E-state index contributed by atoms with van der Waals surface area (Å²) in [5.41, 5.74) is 33.1. The van der Waals surface area contributed by atoms with Gasteiger partial charge in [-0.2, -0.15) is 0 Å². The van der Waals surface area contributed by atoms with Crippen LogP contribution in [0.25, 0.3) is 56.3 Å². The van der Waals surface area contributed by atoms with Crippen LogP contribution in [0.4, 0.5) is 0 Å². The van der Waals surface area contributed by atoms with Crippen LogP contribution in [-0.2, 0) is 80.0 Å². The standard InChI is InChI=1S/2C18H22N.2C17H22N.C16H20N/c2*1-13-8-9-17(14(2)10-13)18-11-15-6-4-5-7-16(15)12-19(18)3;2*1-6-15-11-18(5)17(10-13(15)3)16-8-7-12(2)9-14(16)4;1-5-14-7-9-16(17(4)11-14)15-8-6-12(2)10-13(15)3/h2*8-12H,4-7H2,1-3H3;2*7-11H,6H2,1-5H3;6-11H,5H2,1-4H3/q5*+1/i1D3,6D2,7D2;;6D2;;. The summed E-state index contributed by atoms with van der Waals surface area (Å²) in [6.45, 7) is 27.0. The minimum absolute atomic E-state index is 0.136. The van der Waals surface area contributed by atoms with E-state index in [9.17, 15) is 0 Å². The molecule has 472 valence electrons. The molecule has 0 N–H and O–H groups in total. The first kappa shape index (κ1) is 56.8. The lowest BCUT2D eigenvalue weighted by atomic mass is 9.91. The zero-order valence-corrected chi connectivity index (χ0v) is 58.4. The van der Waals surface area contributed by atoms with Gasteiger partial charge < -0.3 is 0 Å². The van der Waals surface area contributed by atoms with Crippen LogP contribution in [0.2, 0.25) is 0 Å². The van der Waals surface area contributed by atoms with E-state index < -0.39 is 26.0 Å². The second kappa shape index (κ2) is 31.2. The Labute approximate surface area is 562 Å². The number of hydrogen-bond acceptors (Lipinski definition) is 0. The Kier molecular flexibility index (Phi) is 19.5. The van der Waals surface area contributed by atoms with E-state index in [1.54, 1.807) is 60.1 Å². The maximum Gasteiger partial charge on any atom is 0.212 e. The molecule has 0 bridgehead atoms.